The number of carbonyl (C=O) groups is 1. The van der Waals surface area contributed by atoms with E-state index in [0.29, 0.717) is 12.3 Å². The van der Waals surface area contributed by atoms with E-state index in [1.807, 2.05) is 12.1 Å². The largest absolute Gasteiger partial charge is 0.497 e. The van der Waals surface area contributed by atoms with Crippen molar-refractivity contribution in [1.29, 1.82) is 0 Å². The molecule has 0 aliphatic rings. The summed E-state index contributed by atoms with van der Waals surface area (Å²) in [6.45, 7) is -0.0244. The maximum atomic E-state index is 13.4. The van der Waals surface area contributed by atoms with Crippen molar-refractivity contribution in [1.82, 2.24) is 5.32 Å². The van der Waals surface area contributed by atoms with E-state index in [1.165, 1.54) is 43.5 Å². The standard InChI is InChI=1S/C23H25FN2O5S2/c1-30-20-9-11-22(12-10-20)33(28,29)26(19-7-5-18(24)6-8-19)16-23(27)25-13-3-15-32-17-21-4-2-14-31-21/h2,4-12,14H,3,13,15-17H2,1H3,(H,25,27). The first kappa shape index (κ1) is 24.7. The first-order valence-electron chi connectivity index (χ1n) is 10.2. The highest BCUT2D eigenvalue weighted by atomic mass is 32.2. The van der Waals surface area contributed by atoms with Crippen LogP contribution in [0.5, 0.6) is 5.75 Å². The molecule has 1 amide bonds. The molecule has 0 fully saturated rings. The average Bonchev–Trinajstić information content (AvgIpc) is 3.34. The predicted molar refractivity (Wildman–Crippen MR) is 126 cm³/mol. The Bertz CT molecular complexity index is 1120. The summed E-state index contributed by atoms with van der Waals surface area (Å²) in [7, 11) is -2.59. The van der Waals surface area contributed by atoms with Crippen LogP contribution in [0, 0.1) is 5.82 Å². The van der Waals surface area contributed by atoms with Gasteiger partial charge in [0.2, 0.25) is 5.91 Å². The van der Waals surface area contributed by atoms with Gasteiger partial charge in [0.05, 0.1) is 29.7 Å². The number of nitrogens with one attached hydrogen (secondary N) is 1. The maximum Gasteiger partial charge on any atom is 0.264 e. The number of hydrogen-bond donors (Lipinski definition) is 1. The zero-order valence-corrected chi connectivity index (χ0v) is 19.7. The molecule has 0 spiro atoms. The van der Waals surface area contributed by atoms with E-state index in [4.69, 9.17) is 9.15 Å². The minimum atomic E-state index is -4.07. The first-order chi connectivity index (χ1) is 15.9. The number of methoxy groups -OCH3 is 1. The Morgan fingerprint density at radius 3 is 2.48 bits per heavy atom. The van der Waals surface area contributed by atoms with Gasteiger partial charge in [-0.3, -0.25) is 9.10 Å². The number of halogens is 1. The SMILES string of the molecule is COc1ccc(S(=O)(=O)N(CC(=O)NCCCSCc2ccco2)c2ccc(F)cc2)cc1. The molecule has 7 nitrogen and oxygen atoms in total. The molecule has 0 aliphatic heterocycles. The summed E-state index contributed by atoms with van der Waals surface area (Å²) in [5, 5.41) is 2.75. The van der Waals surface area contributed by atoms with E-state index >= 15 is 0 Å². The van der Waals surface area contributed by atoms with Crippen molar-refractivity contribution in [2.45, 2.75) is 17.1 Å². The van der Waals surface area contributed by atoms with E-state index < -0.39 is 28.3 Å². The van der Waals surface area contributed by atoms with Gasteiger partial charge in [0, 0.05) is 6.54 Å². The number of benzene rings is 2. The van der Waals surface area contributed by atoms with Gasteiger partial charge in [-0.25, -0.2) is 12.8 Å². The number of hydrogen-bond acceptors (Lipinski definition) is 6. The summed E-state index contributed by atoms with van der Waals surface area (Å²) in [5.74, 6) is 2.00. The highest BCUT2D eigenvalue weighted by Crippen LogP contribution is 2.25. The second-order valence-corrected chi connectivity index (χ2v) is 9.97. The van der Waals surface area contributed by atoms with E-state index in [-0.39, 0.29) is 10.6 Å². The lowest BCUT2D eigenvalue weighted by Crippen LogP contribution is -2.41. The molecule has 10 heteroatoms. The Hall–Kier alpha value is -2.98. The van der Waals surface area contributed by atoms with Gasteiger partial charge in [0.25, 0.3) is 10.0 Å². The lowest BCUT2D eigenvalue weighted by atomic mass is 10.3. The summed E-state index contributed by atoms with van der Waals surface area (Å²) < 4.78 is 51.3. The van der Waals surface area contributed by atoms with Crippen LogP contribution in [0.2, 0.25) is 0 Å². The molecule has 1 aromatic heterocycles. The van der Waals surface area contributed by atoms with Crippen molar-refractivity contribution < 1.29 is 26.8 Å². The normalized spacial score (nSPS) is 11.2. The summed E-state index contributed by atoms with van der Waals surface area (Å²) in [5.41, 5.74) is 0.191. The lowest BCUT2D eigenvalue weighted by Gasteiger charge is -2.24. The molecule has 0 aliphatic carbocycles. The highest BCUT2D eigenvalue weighted by molar-refractivity contribution is 7.98. The molecule has 33 heavy (non-hydrogen) atoms. The fourth-order valence-corrected chi connectivity index (χ4v) is 5.23. The minimum absolute atomic E-state index is 0.00486. The molecule has 0 unspecified atom stereocenters. The molecular weight excluding hydrogens is 467 g/mol. The molecule has 0 atom stereocenters. The van der Waals surface area contributed by atoms with Crippen LogP contribution < -0.4 is 14.4 Å². The zero-order valence-electron chi connectivity index (χ0n) is 18.1. The smallest absolute Gasteiger partial charge is 0.264 e. The van der Waals surface area contributed by atoms with Crippen LogP contribution in [0.1, 0.15) is 12.2 Å². The van der Waals surface area contributed by atoms with Crippen LogP contribution in [-0.2, 0) is 20.6 Å². The summed E-state index contributed by atoms with van der Waals surface area (Å²) >= 11 is 1.68. The lowest BCUT2D eigenvalue weighted by molar-refractivity contribution is -0.119. The Labute approximate surface area is 197 Å². The molecule has 1 heterocycles. The topological polar surface area (TPSA) is 88.9 Å². The van der Waals surface area contributed by atoms with Gasteiger partial charge in [-0.2, -0.15) is 11.8 Å². The third kappa shape index (κ3) is 7.00. The van der Waals surface area contributed by atoms with Crippen LogP contribution in [0.3, 0.4) is 0 Å². The van der Waals surface area contributed by atoms with E-state index in [2.05, 4.69) is 5.32 Å². The van der Waals surface area contributed by atoms with Gasteiger partial charge in [0.1, 0.15) is 23.9 Å². The molecule has 176 valence electrons. The summed E-state index contributed by atoms with van der Waals surface area (Å²) in [4.78, 5) is 12.6. The molecule has 0 saturated heterocycles. The number of furan rings is 1. The van der Waals surface area contributed by atoms with Crippen LogP contribution in [-0.4, -0.2) is 40.3 Å². The van der Waals surface area contributed by atoms with Crippen molar-refractivity contribution in [3.63, 3.8) is 0 Å². The van der Waals surface area contributed by atoms with E-state index in [0.717, 1.165) is 40.1 Å². The van der Waals surface area contributed by atoms with Gasteiger partial charge in [-0.1, -0.05) is 0 Å². The minimum Gasteiger partial charge on any atom is -0.497 e. The molecule has 2 aromatic carbocycles. The number of amides is 1. The first-order valence-corrected chi connectivity index (χ1v) is 12.8. The van der Waals surface area contributed by atoms with Crippen LogP contribution in [0.4, 0.5) is 10.1 Å². The quantitative estimate of drug-likeness (QED) is 0.384. The van der Waals surface area contributed by atoms with Gasteiger partial charge in [-0.15, -0.1) is 0 Å². The van der Waals surface area contributed by atoms with Crippen molar-refractivity contribution in [3.05, 3.63) is 78.5 Å². The Morgan fingerprint density at radius 1 is 1.12 bits per heavy atom. The Balaban J connectivity index is 1.62. The molecule has 3 aromatic rings. The fourth-order valence-electron chi connectivity index (χ4n) is 2.95. The van der Waals surface area contributed by atoms with Crippen LogP contribution >= 0.6 is 11.8 Å². The number of thioether (sulfide) groups is 1. The monoisotopic (exact) mass is 492 g/mol. The predicted octanol–water partition coefficient (Wildman–Crippen LogP) is 4.06. The van der Waals surface area contributed by atoms with Gasteiger partial charge < -0.3 is 14.5 Å². The Kier molecular flexibility index (Phi) is 8.79. The maximum absolute atomic E-state index is 13.4. The number of ether oxygens (including phenoxy) is 1. The fraction of sp³-hybridized carbons (Fsp3) is 0.261. The third-order valence-corrected chi connectivity index (χ3v) is 7.52. The van der Waals surface area contributed by atoms with E-state index in [9.17, 15) is 17.6 Å². The van der Waals surface area contributed by atoms with Crippen molar-refractivity contribution in [2.75, 3.05) is 30.3 Å². The number of anilines is 1. The van der Waals surface area contributed by atoms with E-state index in [1.54, 1.807) is 18.0 Å². The molecule has 0 bridgehead atoms. The van der Waals surface area contributed by atoms with Crippen molar-refractivity contribution >= 4 is 33.4 Å². The average molecular weight is 493 g/mol. The summed E-state index contributed by atoms with van der Waals surface area (Å²) in [6.07, 6.45) is 2.35. The second-order valence-electron chi connectivity index (χ2n) is 7.00. The molecule has 3 rings (SSSR count). The molecule has 0 radical (unpaired) electrons. The summed E-state index contributed by atoms with van der Waals surface area (Å²) in [6, 6.07) is 14.6. The zero-order chi connectivity index (χ0) is 23.7. The van der Waals surface area contributed by atoms with Gasteiger partial charge in [-0.05, 0) is 72.8 Å². The van der Waals surface area contributed by atoms with Gasteiger partial charge in [0.15, 0.2) is 0 Å². The number of carbonyl (C=O) groups excluding carboxylic acids is 1. The van der Waals surface area contributed by atoms with Gasteiger partial charge >= 0.3 is 0 Å². The van der Waals surface area contributed by atoms with Crippen LogP contribution in [0.25, 0.3) is 0 Å². The second kappa shape index (κ2) is 11.8. The molecule has 0 saturated carbocycles. The Morgan fingerprint density at radius 2 is 1.85 bits per heavy atom. The third-order valence-electron chi connectivity index (χ3n) is 4.66. The molecular formula is C23H25FN2O5S2. The number of nitrogens with zero attached hydrogens (tertiary/aromatic N) is 1. The van der Waals surface area contributed by atoms with Crippen molar-refractivity contribution in [3.8, 4) is 5.75 Å². The number of rotatable bonds is 12. The van der Waals surface area contributed by atoms with Crippen LogP contribution in [0.15, 0.2) is 76.2 Å². The molecule has 1 N–H and O–H groups in total. The van der Waals surface area contributed by atoms with Crippen molar-refractivity contribution in [2.24, 2.45) is 0 Å². The number of sulfonamides is 1. The highest BCUT2D eigenvalue weighted by Gasteiger charge is 2.27.